The normalized spacial score (nSPS) is 12.4. The van der Waals surface area contributed by atoms with Gasteiger partial charge in [0.05, 0.1) is 24.6 Å². The number of nitrogens with zero attached hydrogens (tertiary/aromatic N) is 1. The fourth-order valence-corrected chi connectivity index (χ4v) is 4.81. The number of rotatable bonds is 9. The summed E-state index contributed by atoms with van der Waals surface area (Å²) in [4.78, 5) is 13.1. The van der Waals surface area contributed by atoms with Crippen LogP contribution in [0.1, 0.15) is 29.7 Å². The van der Waals surface area contributed by atoms with Crippen LogP contribution in [0.5, 0.6) is 5.75 Å². The third kappa shape index (κ3) is 5.75. The maximum Gasteiger partial charge on any atom is 0.243 e. The maximum absolute atomic E-state index is 13.4. The predicted octanol–water partition coefficient (Wildman–Crippen LogP) is 4.07. The molecule has 0 aliphatic carbocycles. The number of methoxy groups -OCH3 is 1. The average Bonchev–Trinajstić information content (AvgIpc) is 2.79. The first kappa shape index (κ1) is 23.5. The van der Waals surface area contributed by atoms with E-state index in [9.17, 15) is 13.2 Å². The molecule has 1 atom stereocenters. The number of amides is 1. The zero-order chi connectivity index (χ0) is 23.1. The van der Waals surface area contributed by atoms with E-state index in [2.05, 4.69) is 5.32 Å². The summed E-state index contributed by atoms with van der Waals surface area (Å²) in [5, 5.41) is 2.89. The van der Waals surface area contributed by atoms with Crippen LogP contribution in [0, 0.1) is 6.92 Å². The summed E-state index contributed by atoms with van der Waals surface area (Å²) >= 11 is 0. The van der Waals surface area contributed by atoms with Crippen LogP contribution < -0.4 is 10.1 Å². The zero-order valence-corrected chi connectivity index (χ0v) is 19.3. The van der Waals surface area contributed by atoms with Gasteiger partial charge >= 0.3 is 0 Å². The third-order valence-corrected chi connectivity index (χ3v) is 6.97. The Labute approximate surface area is 189 Å². The Morgan fingerprint density at radius 3 is 2.25 bits per heavy atom. The number of sulfonamides is 1. The topological polar surface area (TPSA) is 75.7 Å². The Kier molecular flexibility index (Phi) is 7.66. The Bertz CT molecular complexity index is 1150. The van der Waals surface area contributed by atoms with Gasteiger partial charge in [-0.1, -0.05) is 66.2 Å². The van der Waals surface area contributed by atoms with Crippen molar-refractivity contribution in [2.75, 3.05) is 13.7 Å². The highest BCUT2D eigenvalue weighted by Gasteiger charge is 2.27. The van der Waals surface area contributed by atoms with E-state index < -0.39 is 15.9 Å². The van der Waals surface area contributed by atoms with Crippen LogP contribution in [0.2, 0.25) is 0 Å². The van der Waals surface area contributed by atoms with E-state index in [1.807, 2.05) is 68.4 Å². The van der Waals surface area contributed by atoms with Crippen LogP contribution in [-0.4, -0.2) is 32.3 Å². The van der Waals surface area contributed by atoms with Crippen molar-refractivity contribution in [2.24, 2.45) is 0 Å². The molecule has 3 aromatic rings. The van der Waals surface area contributed by atoms with Gasteiger partial charge in [-0.3, -0.25) is 4.79 Å². The quantitative estimate of drug-likeness (QED) is 0.531. The monoisotopic (exact) mass is 452 g/mol. The van der Waals surface area contributed by atoms with Crippen LogP contribution in [0.15, 0.2) is 83.8 Å². The second kappa shape index (κ2) is 10.4. The van der Waals surface area contributed by atoms with Crippen LogP contribution >= 0.6 is 0 Å². The van der Waals surface area contributed by atoms with E-state index >= 15 is 0 Å². The lowest BCUT2D eigenvalue weighted by Crippen LogP contribution is -2.41. The summed E-state index contributed by atoms with van der Waals surface area (Å²) in [7, 11) is -2.30. The number of benzene rings is 3. The fourth-order valence-electron chi connectivity index (χ4n) is 3.42. The van der Waals surface area contributed by atoms with Gasteiger partial charge in [-0.05, 0) is 37.6 Å². The highest BCUT2D eigenvalue weighted by Crippen LogP contribution is 2.24. The SMILES string of the molecule is COc1ccccc1[C@@H](C)NC(=O)CN(Cc1ccccc1)S(=O)(=O)c1ccc(C)cc1. The molecule has 0 saturated heterocycles. The lowest BCUT2D eigenvalue weighted by atomic mass is 10.1. The molecule has 3 rings (SSSR count). The summed E-state index contributed by atoms with van der Waals surface area (Å²) in [6.07, 6.45) is 0. The molecule has 0 fully saturated rings. The van der Waals surface area contributed by atoms with E-state index in [0.29, 0.717) is 5.75 Å². The molecule has 0 aliphatic rings. The molecule has 6 nitrogen and oxygen atoms in total. The van der Waals surface area contributed by atoms with Crippen LogP contribution in [-0.2, 0) is 21.4 Å². The van der Waals surface area contributed by atoms with Crippen LogP contribution in [0.3, 0.4) is 0 Å². The largest absolute Gasteiger partial charge is 0.496 e. The van der Waals surface area contributed by atoms with E-state index in [1.54, 1.807) is 31.4 Å². The molecule has 168 valence electrons. The smallest absolute Gasteiger partial charge is 0.243 e. The Balaban J connectivity index is 1.83. The van der Waals surface area contributed by atoms with Gasteiger partial charge in [0.2, 0.25) is 15.9 Å². The second-order valence-corrected chi connectivity index (χ2v) is 9.54. The van der Waals surface area contributed by atoms with Crippen molar-refractivity contribution in [3.63, 3.8) is 0 Å². The van der Waals surface area contributed by atoms with E-state index in [4.69, 9.17) is 4.74 Å². The molecule has 32 heavy (non-hydrogen) atoms. The molecule has 0 aromatic heterocycles. The van der Waals surface area contributed by atoms with E-state index in [1.165, 1.54) is 4.31 Å². The number of hydrogen-bond acceptors (Lipinski definition) is 4. The number of para-hydroxylation sites is 1. The Morgan fingerprint density at radius 2 is 1.59 bits per heavy atom. The minimum absolute atomic E-state index is 0.0908. The maximum atomic E-state index is 13.4. The van der Waals surface area contributed by atoms with Crippen molar-refractivity contribution in [1.29, 1.82) is 0 Å². The summed E-state index contributed by atoms with van der Waals surface area (Å²) in [6, 6.07) is 22.9. The molecule has 3 aromatic carbocycles. The Hall–Kier alpha value is -3.16. The summed E-state index contributed by atoms with van der Waals surface area (Å²) in [6.45, 7) is 3.52. The molecule has 0 radical (unpaired) electrons. The van der Waals surface area contributed by atoms with E-state index in [0.717, 1.165) is 16.7 Å². The first-order valence-corrected chi connectivity index (χ1v) is 11.8. The minimum atomic E-state index is -3.88. The molecular formula is C25H28N2O4S. The van der Waals surface area contributed by atoms with Crippen molar-refractivity contribution in [1.82, 2.24) is 9.62 Å². The molecule has 0 aliphatic heterocycles. The molecular weight excluding hydrogens is 424 g/mol. The highest BCUT2D eigenvalue weighted by molar-refractivity contribution is 7.89. The van der Waals surface area contributed by atoms with Crippen molar-refractivity contribution in [3.8, 4) is 5.75 Å². The highest BCUT2D eigenvalue weighted by atomic mass is 32.2. The molecule has 0 bridgehead atoms. The van der Waals surface area contributed by atoms with E-state index in [-0.39, 0.29) is 24.0 Å². The fraction of sp³-hybridized carbons (Fsp3) is 0.240. The van der Waals surface area contributed by atoms with Crippen molar-refractivity contribution in [2.45, 2.75) is 31.3 Å². The van der Waals surface area contributed by atoms with Crippen LogP contribution in [0.4, 0.5) is 0 Å². The number of carbonyl (C=O) groups is 1. The summed E-state index contributed by atoms with van der Waals surface area (Å²) < 4.78 is 33.3. The summed E-state index contributed by atoms with van der Waals surface area (Å²) in [5.74, 6) is 0.267. The predicted molar refractivity (Wildman–Crippen MR) is 125 cm³/mol. The van der Waals surface area contributed by atoms with Gasteiger partial charge in [-0.25, -0.2) is 8.42 Å². The lowest BCUT2D eigenvalue weighted by Gasteiger charge is -2.24. The van der Waals surface area contributed by atoms with Gasteiger partial charge in [-0.2, -0.15) is 4.31 Å². The van der Waals surface area contributed by atoms with Crippen molar-refractivity contribution in [3.05, 3.63) is 95.6 Å². The van der Waals surface area contributed by atoms with Gasteiger partial charge < -0.3 is 10.1 Å². The first-order chi connectivity index (χ1) is 15.3. The third-order valence-electron chi connectivity index (χ3n) is 5.16. The zero-order valence-electron chi connectivity index (χ0n) is 18.5. The molecule has 0 saturated carbocycles. The molecule has 1 amide bonds. The standard InChI is InChI=1S/C25H28N2O4S/c1-19-13-15-22(16-14-19)32(29,30)27(17-21-9-5-4-6-10-21)18-25(28)26-20(2)23-11-7-8-12-24(23)31-3/h4-16,20H,17-18H2,1-3H3,(H,26,28)/t20-/m1/s1. The second-order valence-electron chi connectivity index (χ2n) is 7.60. The number of nitrogens with one attached hydrogen (secondary N) is 1. The lowest BCUT2D eigenvalue weighted by molar-refractivity contribution is -0.122. The van der Waals surface area contributed by atoms with Crippen molar-refractivity contribution < 1.29 is 17.9 Å². The van der Waals surface area contributed by atoms with Gasteiger partial charge in [0, 0.05) is 12.1 Å². The number of aryl methyl sites for hydroxylation is 1. The van der Waals surface area contributed by atoms with Gasteiger partial charge in [0.1, 0.15) is 5.75 Å². The Morgan fingerprint density at radius 1 is 0.969 bits per heavy atom. The van der Waals surface area contributed by atoms with Crippen molar-refractivity contribution >= 4 is 15.9 Å². The molecule has 0 spiro atoms. The summed E-state index contributed by atoms with van der Waals surface area (Å²) in [5.41, 5.74) is 2.58. The van der Waals surface area contributed by atoms with Gasteiger partial charge in [0.15, 0.2) is 0 Å². The number of hydrogen-bond donors (Lipinski definition) is 1. The number of ether oxygens (including phenoxy) is 1. The first-order valence-electron chi connectivity index (χ1n) is 10.3. The molecule has 7 heteroatoms. The molecule has 0 heterocycles. The van der Waals surface area contributed by atoms with Gasteiger partial charge in [0.25, 0.3) is 0 Å². The molecule has 0 unspecified atom stereocenters. The van der Waals surface area contributed by atoms with Gasteiger partial charge in [-0.15, -0.1) is 0 Å². The number of carbonyl (C=O) groups excluding carboxylic acids is 1. The average molecular weight is 453 g/mol. The van der Waals surface area contributed by atoms with Crippen LogP contribution in [0.25, 0.3) is 0 Å². The molecule has 1 N–H and O–H groups in total. The minimum Gasteiger partial charge on any atom is -0.496 e.